The number of hydrogen-bond donors (Lipinski definition) is 1. The van der Waals surface area contributed by atoms with Crippen molar-refractivity contribution in [3.63, 3.8) is 0 Å². The largest absolute Gasteiger partial charge is 0.418 e. The average Bonchev–Trinajstić information content (AvgIpc) is 2.61. The highest BCUT2D eigenvalue weighted by Crippen LogP contribution is 2.38. The smallest absolute Gasteiger partial charge is 0.352 e. The third-order valence-corrected chi connectivity index (χ3v) is 3.94. The van der Waals surface area contributed by atoms with Crippen molar-refractivity contribution in [2.75, 3.05) is 11.4 Å². The van der Waals surface area contributed by atoms with Crippen molar-refractivity contribution in [2.24, 2.45) is 0 Å². The van der Waals surface area contributed by atoms with E-state index in [2.05, 4.69) is 10.3 Å². The molecule has 1 aromatic heterocycles. The lowest BCUT2D eigenvalue weighted by Gasteiger charge is -2.25. The average molecular weight is 400 g/mol. The topological polar surface area (TPSA) is 62.3 Å². The summed E-state index contributed by atoms with van der Waals surface area (Å²) < 4.78 is 39.8. The summed E-state index contributed by atoms with van der Waals surface area (Å²) in [6, 6.07) is 6.65. The van der Waals surface area contributed by atoms with Crippen molar-refractivity contribution < 1.29 is 22.8 Å². The van der Waals surface area contributed by atoms with Crippen LogP contribution in [-0.2, 0) is 22.3 Å². The fourth-order valence-electron chi connectivity index (χ4n) is 2.42. The summed E-state index contributed by atoms with van der Waals surface area (Å²) in [5, 5.41) is 2.54. The highest BCUT2D eigenvalue weighted by molar-refractivity contribution is 6.30. The Bertz CT molecular complexity index is 813. The van der Waals surface area contributed by atoms with Crippen LogP contribution in [-0.4, -0.2) is 23.3 Å². The van der Waals surface area contributed by atoms with Crippen molar-refractivity contribution >= 4 is 29.1 Å². The number of amides is 2. The molecule has 0 atom stereocenters. The number of nitrogens with zero attached hydrogens (tertiary/aromatic N) is 2. The van der Waals surface area contributed by atoms with Crippen LogP contribution in [0.25, 0.3) is 0 Å². The van der Waals surface area contributed by atoms with Gasteiger partial charge in [-0.2, -0.15) is 13.2 Å². The lowest BCUT2D eigenvalue weighted by molar-refractivity contribution is -0.137. The second-order valence-electron chi connectivity index (χ2n) is 5.72. The summed E-state index contributed by atoms with van der Waals surface area (Å²) in [5.41, 5.74) is -0.577. The molecule has 0 saturated carbocycles. The molecule has 9 heteroatoms. The summed E-state index contributed by atoms with van der Waals surface area (Å²) in [7, 11) is 0. The van der Waals surface area contributed by atoms with Crippen molar-refractivity contribution in [3.05, 3.63) is 58.9 Å². The molecule has 0 unspecified atom stereocenters. The molecular weight excluding hydrogens is 383 g/mol. The maximum atomic E-state index is 13.3. The van der Waals surface area contributed by atoms with Gasteiger partial charge in [0.25, 0.3) is 0 Å². The van der Waals surface area contributed by atoms with E-state index in [0.29, 0.717) is 0 Å². The molecule has 0 aliphatic rings. The van der Waals surface area contributed by atoms with Crippen LogP contribution in [0.3, 0.4) is 0 Å². The number of nitrogens with one attached hydrogen (secondary N) is 1. The van der Waals surface area contributed by atoms with Gasteiger partial charge < -0.3 is 10.2 Å². The van der Waals surface area contributed by atoms with E-state index >= 15 is 0 Å². The first kappa shape index (κ1) is 20.7. The molecule has 27 heavy (non-hydrogen) atoms. The SMILES string of the molecule is CC(=O)N(CCC(=O)NCc1cccnc1)c1ccc(Cl)cc1C(F)(F)F. The predicted molar refractivity (Wildman–Crippen MR) is 95.2 cm³/mol. The van der Waals surface area contributed by atoms with Crippen LogP contribution in [0, 0.1) is 0 Å². The molecule has 0 saturated heterocycles. The molecule has 1 N–H and O–H groups in total. The van der Waals surface area contributed by atoms with E-state index in [1.807, 2.05) is 0 Å². The van der Waals surface area contributed by atoms with Crippen molar-refractivity contribution in [1.29, 1.82) is 0 Å². The molecule has 0 aliphatic heterocycles. The molecule has 1 aromatic carbocycles. The molecule has 0 radical (unpaired) electrons. The van der Waals surface area contributed by atoms with E-state index in [9.17, 15) is 22.8 Å². The number of alkyl halides is 3. The first-order valence-corrected chi connectivity index (χ1v) is 8.36. The number of benzene rings is 1. The second-order valence-corrected chi connectivity index (χ2v) is 6.15. The van der Waals surface area contributed by atoms with Crippen molar-refractivity contribution in [2.45, 2.75) is 26.1 Å². The molecular formula is C18H17ClF3N3O2. The number of carbonyl (C=O) groups excluding carboxylic acids is 2. The third-order valence-electron chi connectivity index (χ3n) is 3.71. The molecule has 0 bridgehead atoms. The van der Waals surface area contributed by atoms with E-state index in [1.54, 1.807) is 24.5 Å². The van der Waals surface area contributed by atoms with Crippen LogP contribution in [0.1, 0.15) is 24.5 Å². The fraction of sp³-hybridized carbons (Fsp3) is 0.278. The van der Waals surface area contributed by atoms with Crippen LogP contribution in [0.4, 0.5) is 18.9 Å². The minimum atomic E-state index is -4.68. The summed E-state index contributed by atoms with van der Waals surface area (Å²) in [4.78, 5) is 28.7. The highest BCUT2D eigenvalue weighted by atomic mass is 35.5. The number of hydrogen-bond acceptors (Lipinski definition) is 3. The first-order chi connectivity index (χ1) is 12.7. The van der Waals surface area contributed by atoms with E-state index < -0.39 is 23.6 Å². The van der Waals surface area contributed by atoms with Crippen LogP contribution in [0.15, 0.2) is 42.7 Å². The number of pyridine rings is 1. The maximum Gasteiger partial charge on any atom is 0.418 e. The van der Waals surface area contributed by atoms with Crippen LogP contribution < -0.4 is 10.2 Å². The van der Waals surface area contributed by atoms with Gasteiger partial charge in [-0.1, -0.05) is 17.7 Å². The number of anilines is 1. The molecule has 1 heterocycles. The normalized spacial score (nSPS) is 11.1. The van der Waals surface area contributed by atoms with Crippen LogP contribution in [0.2, 0.25) is 5.02 Å². The number of halogens is 4. The zero-order chi connectivity index (χ0) is 20.0. The third kappa shape index (κ3) is 5.96. The van der Waals surface area contributed by atoms with Gasteiger partial charge in [-0.05, 0) is 29.8 Å². The van der Waals surface area contributed by atoms with Gasteiger partial charge in [-0.3, -0.25) is 14.6 Å². The lowest BCUT2D eigenvalue weighted by atomic mass is 10.1. The van der Waals surface area contributed by atoms with Gasteiger partial charge in [-0.15, -0.1) is 0 Å². The monoisotopic (exact) mass is 399 g/mol. The molecule has 2 rings (SSSR count). The Kier molecular flexibility index (Phi) is 6.79. The summed E-state index contributed by atoms with van der Waals surface area (Å²) in [6.07, 6.45) is -1.65. The Labute approximate surface area is 159 Å². The zero-order valence-electron chi connectivity index (χ0n) is 14.4. The molecule has 0 spiro atoms. The van der Waals surface area contributed by atoms with Crippen LogP contribution in [0.5, 0.6) is 0 Å². The summed E-state index contributed by atoms with van der Waals surface area (Å²) in [5.74, 6) is -1.00. The standard InChI is InChI=1S/C18H17ClF3N3O2/c1-12(26)25(16-5-4-14(19)9-15(16)18(20,21)22)8-6-17(27)24-11-13-3-2-7-23-10-13/h2-5,7,9-10H,6,8,11H2,1H3,(H,24,27). The molecule has 2 aromatic rings. The van der Waals surface area contributed by atoms with Gasteiger partial charge in [0.1, 0.15) is 0 Å². The Morgan fingerprint density at radius 1 is 1.26 bits per heavy atom. The van der Waals surface area contributed by atoms with Gasteiger partial charge >= 0.3 is 6.18 Å². The van der Waals surface area contributed by atoms with Gasteiger partial charge in [0.05, 0.1) is 11.3 Å². The number of aromatic nitrogens is 1. The van der Waals surface area contributed by atoms with Crippen molar-refractivity contribution in [1.82, 2.24) is 10.3 Å². The molecule has 0 aliphatic carbocycles. The van der Waals surface area contributed by atoms with Gasteiger partial charge in [0, 0.05) is 43.9 Å². The van der Waals surface area contributed by atoms with Gasteiger partial charge in [0.2, 0.25) is 11.8 Å². The van der Waals surface area contributed by atoms with Crippen LogP contribution >= 0.6 is 11.6 Å². The van der Waals surface area contributed by atoms with E-state index in [-0.39, 0.29) is 30.2 Å². The van der Waals surface area contributed by atoms with Gasteiger partial charge in [0.15, 0.2) is 0 Å². The van der Waals surface area contributed by atoms with E-state index in [4.69, 9.17) is 11.6 Å². The zero-order valence-corrected chi connectivity index (χ0v) is 15.1. The lowest BCUT2D eigenvalue weighted by Crippen LogP contribution is -2.35. The fourth-order valence-corrected chi connectivity index (χ4v) is 2.60. The molecule has 0 fully saturated rings. The van der Waals surface area contributed by atoms with Crippen molar-refractivity contribution in [3.8, 4) is 0 Å². The second kappa shape index (κ2) is 8.85. The number of carbonyl (C=O) groups is 2. The Balaban J connectivity index is 2.08. The first-order valence-electron chi connectivity index (χ1n) is 7.99. The van der Waals surface area contributed by atoms with E-state index in [1.165, 1.54) is 6.07 Å². The minimum Gasteiger partial charge on any atom is -0.352 e. The Morgan fingerprint density at radius 3 is 2.59 bits per heavy atom. The molecule has 144 valence electrons. The molecule has 5 nitrogen and oxygen atoms in total. The minimum absolute atomic E-state index is 0.0937. The highest BCUT2D eigenvalue weighted by Gasteiger charge is 2.36. The molecule has 2 amide bonds. The maximum absolute atomic E-state index is 13.3. The Morgan fingerprint density at radius 2 is 2.00 bits per heavy atom. The van der Waals surface area contributed by atoms with E-state index in [0.717, 1.165) is 29.5 Å². The van der Waals surface area contributed by atoms with Gasteiger partial charge in [-0.25, -0.2) is 0 Å². The predicted octanol–water partition coefficient (Wildman–Crippen LogP) is 3.81. The quantitative estimate of drug-likeness (QED) is 0.803. The Hall–Kier alpha value is -2.61. The summed E-state index contributed by atoms with van der Waals surface area (Å²) >= 11 is 5.66. The number of rotatable bonds is 6. The summed E-state index contributed by atoms with van der Waals surface area (Å²) in [6.45, 7) is 1.18.